The van der Waals surface area contributed by atoms with Crippen molar-refractivity contribution in [3.8, 4) is 0 Å². The van der Waals surface area contributed by atoms with E-state index in [-0.39, 0.29) is 0 Å². The lowest BCUT2D eigenvalue weighted by atomic mass is 10.2. The van der Waals surface area contributed by atoms with E-state index >= 15 is 0 Å². The molecule has 0 radical (unpaired) electrons. The van der Waals surface area contributed by atoms with Crippen LogP contribution in [-0.4, -0.2) is 18.3 Å². The molecule has 0 aliphatic rings. The van der Waals surface area contributed by atoms with Gasteiger partial charge in [0.2, 0.25) is 0 Å². The molecule has 0 aliphatic heterocycles. The number of aliphatic hydroxyl groups is 1. The van der Waals surface area contributed by atoms with Gasteiger partial charge in [-0.15, -0.1) is 11.3 Å². The molecule has 4 heteroatoms. The molecular weight excluding hydrogens is 230 g/mol. The van der Waals surface area contributed by atoms with Gasteiger partial charge in [0.15, 0.2) is 0 Å². The second-order valence-corrected chi connectivity index (χ2v) is 4.98. The number of nitrogens with one attached hydrogen (secondary N) is 1. The van der Waals surface area contributed by atoms with Gasteiger partial charge in [-0.1, -0.05) is 24.4 Å². The van der Waals surface area contributed by atoms with Crippen LogP contribution < -0.4 is 5.32 Å². The van der Waals surface area contributed by atoms with Crippen molar-refractivity contribution >= 4 is 22.9 Å². The van der Waals surface area contributed by atoms with Crippen LogP contribution in [0.4, 0.5) is 0 Å². The summed E-state index contributed by atoms with van der Waals surface area (Å²) in [4.78, 5) is 1.29. The number of hydrogen-bond acceptors (Lipinski definition) is 3. The molecule has 1 aromatic rings. The van der Waals surface area contributed by atoms with Crippen LogP contribution >= 0.6 is 22.9 Å². The van der Waals surface area contributed by atoms with Gasteiger partial charge in [-0.3, -0.25) is 0 Å². The molecule has 1 rings (SSSR count). The maximum absolute atomic E-state index is 8.59. The molecule has 0 amide bonds. The first-order valence-electron chi connectivity index (χ1n) is 5.37. The van der Waals surface area contributed by atoms with Gasteiger partial charge in [0, 0.05) is 23.4 Å². The third kappa shape index (κ3) is 6.15. The van der Waals surface area contributed by atoms with E-state index in [0.29, 0.717) is 6.61 Å². The molecular formula is C11H18ClNOS. The normalized spacial score (nSPS) is 10.8. The molecule has 0 unspecified atom stereocenters. The topological polar surface area (TPSA) is 32.3 Å². The minimum absolute atomic E-state index is 0.321. The summed E-state index contributed by atoms with van der Waals surface area (Å²) in [6.45, 7) is 2.28. The Labute approximate surface area is 100 Å². The first kappa shape index (κ1) is 13.0. The molecule has 2 nitrogen and oxygen atoms in total. The average molecular weight is 248 g/mol. The van der Waals surface area contributed by atoms with Crippen LogP contribution in [0, 0.1) is 0 Å². The van der Waals surface area contributed by atoms with Gasteiger partial charge in [0.25, 0.3) is 0 Å². The number of unbranched alkanes of at least 4 members (excludes halogenated alkanes) is 3. The molecule has 1 aromatic heterocycles. The van der Waals surface area contributed by atoms with Crippen LogP contribution in [0.25, 0.3) is 0 Å². The summed E-state index contributed by atoms with van der Waals surface area (Å²) in [7, 11) is 0. The highest BCUT2D eigenvalue weighted by Crippen LogP contribution is 2.18. The van der Waals surface area contributed by atoms with Gasteiger partial charge in [0.1, 0.15) is 0 Å². The fourth-order valence-electron chi connectivity index (χ4n) is 1.37. The highest BCUT2D eigenvalue weighted by atomic mass is 35.5. The molecule has 15 heavy (non-hydrogen) atoms. The van der Waals surface area contributed by atoms with Gasteiger partial charge in [-0.05, 0) is 25.5 Å². The first-order valence-corrected chi connectivity index (χ1v) is 6.63. The molecule has 1 heterocycles. The maximum Gasteiger partial charge on any atom is 0.0516 e. The van der Waals surface area contributed by atoms with Crippen molar-refractivity contribution in [2.24, 2.45) is 0 Å². The summed E-state index contributed by atoms with van der Waals surface area (Å²) in [5.41, 5.74) is 0. The highest BCUT2D eigenvalue weighted by Gasteiger charge is 1.96. The van der Waals surface area contributed by atoms with Crippen molar-refractivity contribution in [2.45, 2.75) is 32.2 Å². The van der Waals surface area contributed by atoms with Crippen LogP contribution in [-0.2, 0) is 6.54 Å². The van der Waals surface area contributed by atoms with Gasteiger partial charge >= 0.3 is 0 Å². The molecule has 86 valence electrons. The fourth-order valence-corrected chi connectivity index (χ4v) is 2.42. The average Bonchev–Trinajstić information content (AvgIpc) is 2.63. The lowest BCUT2D eigenvalue weighted by molar-refractivity contribution is 0.282. The van der Waals surface area contributed by atoms with Crippen LogP contribution in [0.3, 0.4) is 0 Å². The van der Waals surface area contributed by atoms with E-state index < -0.39 is 0 Å². The van der Waals surface area contributed by atoms with Gasteiger partial charge in [-0.2, -0.15) is 0 Å². The van der Waals surface area contributed by atoms with Crippen LogP contribution in [0.5, 0.6) is 0 Å². The zero-order valence-electron chi connectivity index (χ0n) is 8.84. The minimum atomic E-state index is 0.321. The predicted molar refractivity (Wildman–Crippen MR) is 66.6 cm³/mol. The summed E-state index contributed by atoms with van der Waals surface area (Å²) in [5, 5.41) is 14.8. The van der Waals surface area contributed by atoms with Gasteiger partial charge in [0.05, 0.1) is 5.02 Å². The lowest BCUT2D eigenvalue weighted by Gasteiger charge is -2.02. The van der Waals surface area contributed by atoms with E-state index in [4.69, 9.17) is 16.7 Å². The van der Waals surface area contributed by atoms with E-state index in [9.17, 15) is 0 Å². The van der Waals surface area contributed by atoms with Crippen LogP contribution in [0.1, 0.15) is 30.6 Å². The zero-order chi connectivity index (χ0) is 10.9. The second-order valence-electron chi connectivity index (χ2n) is 3.55. The maximum atomic E-state index is 8.59. The van der Waals surface area contributed by atoms with E-state index in [1.165, 1.54) is 17.7 Å². The molecule has 0 atom stereocenters. The van der Waals surface area contributed by atoms with Crippen LogP contribution in [0.15, 0.2) is 11.4 Å². The number of halogens is 1. The van der Waals surface area contributed by atoms with Crippen molar-refractivity contribution in [3.63, 3.8) is 0 Å². The van der Waals surface area contributed by atoms with E-state index in [2.05, 4.69) is 5.32 Å². The Morgan fingerprint density at radius 3 is 2.73 bits per heavy atom. The monoisotopic (exact) mass is 247 g/mol. The number of thiophene rings is 1. The Morgan fingerprint density at radius 2 is 2.07 bits per heavy atom. The largest absolute Gasteiger partial charge is 0.396 e. The molecule has 0 saturated carbocycles. The molecule has 0 bridgehead atoms. The van der Waals surface area contributed by atoms with Crippen molar-refractivity contribution in [1.82, 2.24) is 5.32 Å². The fraction of sp³-hybridized carbons (Fsp3) is 0.636. The Balaban J connectivity index is 1.93. The van der Waals surface area contributed by atoms with Crippen LogP contribution in [0.2, 0.25) is 5.02 Å². The van der Waals surface area contributed by atoms with E-state index in [0.717, 1.165) is 31.0 Å². The predicted octanol–water partition coefficient (Wildman–Crippen LogP) is 3.04. The summed E-state index contributed by atoms with van der Waals surface area (Å²) in [6.07, 6.45) is 4.43. The Hall–Kier alpha value is -0.0900. The third-order valence-corrected chi connectivity index (χ3v) is 3.47. The molecule has 0 aromatic carbocycles. The SMILES string of the molecule is OCCCCCCNCc1cc(Cl)cs1. The Kier molecular flexibility index (Phi) is 7.01. The quantitative estimate of drug-likeness (QED) is 0.692. The standard InChI is InChI=1S/C11H18ClNOS/c12-10-7-11(15-9-10)8-13-5-3-1-2-4-6-14/h7,9,13-14H,1-6,8H2. The molecule has 0 aliphatic carbocycles. The van der Waals surface area contributed by atoms with Crippen molar-refractivity contribution in [2.75, 3.05) is 13.2 Å². The summed E-state index contributed by atoms with van der Waals surface area (Å²) < 4.78 is 0. The van der Waals surface area contributed by atoms with Crippen molar-refractivity contribution in [3.05, 3.63) is 21.3 Å². The number of aliphatic hydroxyl groups excluding tert-OH is 1. The van der Waals surface area contributed by atoms with E-state index in [1.807, 2.05) is 11.4 Å². The van der Waals surface area contributed by atoms with E-state index in [1.54, 1.807) is 11.3 Å². The summed E-state index contributed by atoms with van der Waals surface area (Å²) in [6, 6.07) is 2.00. The number of rotatable bonds is 8. The lowest BCUT2D eigenvalue weighted by Crippen LogP contribution is -2.13. The zero-order valence-corrected chi connectivity index (χ0v) is 10.4. The second kappa shape index (κ2) is 8.11. The Morgan fingerprint density at radius 1 is 1.27 bits per heavy atom. The summed E-state index contributed by atoms with van der Waals surface area (Å²) in [5.74, 6) is 0. The molecule has 0 spiro atoms. The smallest absolute Gasteiger partial charge is 0.0516 e. The minimum Gasteiger partial charge on any atom is -0.396 e. The third-order valence-electron chi connectivity index (χ3n) is 2.18. The molecule has 2 N–H and O–H groups in total. The molecule has 0 fully saturated rings. The van der Waals surface area contributed by atoms with Gasteiger partial charge < -0.3 is 10.4 Å². The Bertz CT molecular complexity index is 265. The molecule has 0 saturated heterocycles. The van der Waals surface area contributed by atoms with Crippen molar-refractivity contribution in [1.29, 1.82) is 0 Å². The first-order chi connectivity index (χ1) is 7.33. The number of hydrogen-bond donors (Lipinski definition) is 2. The summed E-state index contributed by atoms with van der Waals surface area (Å²) >= 11 is 7.51. The van der Waals surface area contributed by atoms with Crippen molar-refractivity contribution < 1.29 is 5.11 Å². The van der Waals surface area contributed by atoms with Gasteiger partial charge in [-0.25, -0.2) is 0 Å². The highest BCUT2D eigenvalue weighted by molar-refractivity contribution is 7.10.